The average Bonchev–Trinajstić information content (AvgIpc) is 2.49. The Kier molecular flexibility index (Phi) is 4.26. The molecule has 0 saturated carbocycles. The van der Waals surface area contributed by atoms with Gasteiger partial charge in [0.15, 0.2) is 6.29 Å². The number of hydrogen-bond acceptors (Lipinski definition) is 3. The summed E-state index contributed by atoms with van der Waals surface area (Å²) >= 11 is 0. The van der Waals surface area contributed by atoms with Crippen LogP contribution >= 0.6 is 0 Å². The van der Waals surface area contributed by atoms with E-state index in [9.17, 15) is 18.3 Å². The second-order valence-electron chi connectivity index (χ2n) is 7.01. The maximum absolute atomic E-state index is 12.7. The Labute approximate surface area is 139 Å². The topological polar surface area (TPSA) is 38.7 Å². The molecule has 0 amide bonds. The van der Waals surface area contributed by atoms with Gasteiger partial charge in [0.25, 0.3) is 0 Å². The zero-order chi connectivity index (χ0) is 17.7. The highest BCUT2D eigenvalue weighted by molar-refractivity contribution is 5.26. The number of hydrogen-bond donors (Lipinski definition) is 1. The van der Waals surface area contributed by atoms with Crippen LogP contribution in [0.15, 0.2) is 35.9 Å². The number of rotatable bonds is 1. The Hall–Kier alpha value is -1.37. The summed E-state index contributed by atoms with van der Waals surface area (Å²) < 4.78 is 50.0. The van der Waals surface area contributed by atoms with Crippen LogP contribution in [0.1, 0.15) is 44.6 Å². The lowest BCUT2D eigenvalue weighted by Crippen LogP contribution is -2.55. The third kappa shape index (κ3) is 3.10. The van der Waals surface area contributed by atoms with Gasteiger partial charge >= 0.3 is 6.18 Å². The number of ether oxygens (including phenoxy) is 2. The number of aliphatic hydroxyl groups is 1. The second kappa shape index (κ2) is 5.86. The molecule has 2 aliphatic rings. The van der Waals surface area contributed by atoms with Gasteiger partial charge in [0.2, 0.25) is 0 Å². The number of fused-ring (bicyclic) bond motifs is 1. The summed E-state index contributed by atoms with van der Waals surface area (Å²) in [6, 6.07) is 4.76. The van der Waals surface area contributed by atoms with E-state index in [0.29, 0.717) is 5.56 Å². The summed E-state index contributed by atoms with van der Waals surface area (Å²) in [5.41, 5.74) is 0.0822. The Morgan fingerprint density at radius 2 is 1.79 bits per heavy atom. The fraction of sp³-hybridized carbons (Fsp3) is 0.556. The summed E-state index contributed by atoms with van der Waals surface area (Å²) in [5, 5.41) is 10.4. The predicted octanol–water partition coefficient (Wildman–Crippen LogP) is 4.23. The van der Waals surface area contributed by atoms with Crippen molar-refractivity contribution in [3.63, 3.8) is 0 Å². The first-order chi connectivity index (χ1) is 11.1. The SMILES string of the molecule is CC1=CC[C@@H]2[C@@H](O[C@H](c3ccc(C(F)(F)F)cc3)OC2(C)C)[C@@H]1O. The lowest BCUT2D eigenvalue weighted by molar-refractivity contribution is -0.318. The van der Waals surface area contributed by atoms with Crippen molar-refractivity contribution in [2.45, 2.75) is 57.5 Å². The maximum Gasteiger partial charge on any atom is 0.416 e. The minimum atomic E-state index is -4.38. The molecule has 3 rings (SSSR count). The first kappa shape index (κ1) is 17.5. The highest BCUT2D eigenvalue weighted by atomic mass is 19.4. The third-order valence-corrected chi connectivity index (χ3v) is 4.96. The zero-order valence-corrected chi connectivity index (χ0v) is 13.8. The molecule has 1 aromatic rings. The van der Waals surface area contributed by atoms with Crippen molar-refractivity contribution in [3.05, 3.63) is 47.0 Å². The van der Waals surface area contributed by atoms with E-state index in [2.05, 4.69) is 0 Å². The van der Waals surface area contributed by atoms with E-state index in [4.69, 9.17) is 9.47 Å². The first-order valence-electron chi connectivity index (χ1n) is 7.95. The van der Waals surface area contributed by atoms with Crippen LogP contribution < -0.4 is 0 Å². The molecular weight excluding hydrogens is 321 g/mol. The van der Waals surface area contributed by atoms with Gasteiger partial charge in [-0.25, -0.2) is 0 Å². The molecule has 132 valence electrons. The second-order valence-corrected chi connectivity index (χ2v) is 7.01. The molecule has 1 aliphatic carbocycles. The summed E-state index contributed by atoms with van der Waals surface area (Å²) in [6.45, 7) is 5.69. The van der Waals surface area contributed by atoms with Gasteiger partial charge in [0.05, 0.1) is 17.3 Å². The van der Waals surface area contributed by atoms with Crippen LogP contribution in [0.3, 0.4) is 0 Å². The zero-order valence-electron chi connectivity index (χ0n) is 13.8. The smallest absolute Gasteiger partial charge is 0.386 e. The molecular formula is C18H21F3O3. The quantitative estimate of drug-likeness (QED) is 0.777. The van der Waals surface area contributed by atoms with Crippen molar-refractivity contribution in [1.29, 1.82) is 0 Å². The summed E-state index contributed by atoms with van der Waals surface area (Å²) in [7, 11) is 0. The van der Waals surface area contributed by atoms with E-state index in [-0.39, 0.29) is 5.92 Å². The Morgan fingerprint density at radius 3 is 2.38 bits per heavy atom. The summed E-state index contributed by atoms with van der Waals surface area (Å²) in [4.78, 5) is 0. The van der Waals surface area contributed by atoms with Gasteiger partial charge in [-0.15, -0.1) is 0 Å². The van der Waals surface area contributed by atoms with Gasteiger partial charge < -0.3 is 14.6 Å². The van der Waals surface area contributed by atoms with Crippen molar-refractivity contribution in [2.75, 3.05) is 0 Å². The van der Waals surface area contributed by atoms with E-state index >= 15 is 0 Å². The molecule has 1 saturated heterocycles. The van der Waals surface area contributed by atoms with Crippen LogP contribution in [0.25, 0.3) is 0 Å². The van der Waals surface area contributed by atoms with Gasteiger partial charge in [-0.05, 0) is 44.9 Å². The van der Waals surface area contributed by atoms with Gasteiger partial charge in [0.1, 0.15) is 6.10 Å². The molecule has 0 aromatic heterocycles. The summed E-state index contributed by atoms with van der Waals surface area (Å²) in [6.07, 6.45) is -3.63. The molecule has 0 bridgehead atoms. The molecule has 1 N–H and O–H groups in total. The Morgan fingerprint density at radius 1 is 1.17 bits per heavy atom. The van der Waals surface area contributed by atoms with Gasteiger partial charge in [0, 0.05) is 11.5 Å². The van der Waals surface area contributed by atoms with Crippen LogP contribution in [-0.2, 0) is 15.7 Å². The van der Waals surface area contributed by atoms with Gasteiger partial charge in [-0.1, -0.05) is 18.2 Å². The largest absolute Gasteiger partial charge is 0.416 e. The minimum absolute atomic E-state index is 0.0121. The molecule has 1 aliphatic heterocycles. The number of halogens is 3. The van der Waals surface area contributed by atoms with E-state index in [1.807, 2.05) is 26.8 Å². The standard InChI is InChI=1S/C18H21F3O3/c1-10-4-9-13-15(14(10)22)23-16(24-17(13,2)3)11-5-7-12(8-6-11)18(19,20)21/h4-8,13-16,22H,9H2,1-3H3/t13-,14-,15-,16+/m1/s1. The monoisotopic (exact) mass is 342 g/mol. The highest BCUT2D eigenvalue weighted by Gasteiger charge is 2.49. The van der Waals surface area contributed by atoms with E-state index in [0.717, 1.165) is 24.1 Å². The Balaban J connectivity index is 1.86. The van der Waals surface area contributed by atoms with Crippen molar-refractivity contribution < 1.29 is 27.8 Å². The fourth-order valence-electron chi connectivity index (χ4n) is 3.41. The van der Waals surface area contributed by atoms with Crippen molar-refractivity contribution in [3.8, 4) is 0 Å². The minimum Gasteiger partial charge on any atom is -0.386 e. The van der Waals surface area contributed by atoms with Crippen LogP contribution in [0, 0.1) is 5.92 Å². The van der Waals surface area contributed by atoms with Crippen LogP contribution in [0.5, 0.6) is 0 Å². The predicted molar refractivity (Wildman–Crippen MR) is 82.1 cm³/mol. The first-order valence-corrected chi connectivity index (χ1v) is 7.95. The molecule has 1 aromatic carbocycles. The average molecular weight is 342 g/mol. The molecule has 0 unspecified atom stereocenters. The lowest BCUT2D eigenvalue weighted by Gasteiger charge is -2.50. The van der Waals surface area contributed by atoms with Crippen molar-refractivity contribution in [1.82, 2.24) is 0 Å². The number of aliphatic hydroxyl groups excluding tert-OH is 1. The summed E-state index contributed by atoms with van der Waals surface area (Å²) in [5.74, 6) is -0.0121. The van der Waals surface area contributed by atoms with Gasteiger partial charge in [-0.2, -0.15) is 13.2 Å². The van der Waals surface area contributed by atoms with Crippen LogP contribution in [0.4, 0.5) is 13.2 Å². The maximum atomic E-state index is 12.7. The number of benzene rings is 1. The molecule has 24 heavy (non-hydrogen) atoms. The molecule has 3 nitrogen and oxygen atoms in total. The molecule has 0 radical (unpaired) electrons. The number of allylic oxidation sites excluding steroid dienone is 1. The Bertz CT molecular complexity index is 634. The van der Waals surface area contributed by atoms with E-state index < -0.39 is 35.8 Å². The van der Waals surface area contributed by atoms with Crippen LogP contribution in [-0.4, -0.2) is 22.9 Å². The normalized spacial score (nSPS) is 32.9. The third-order valence-electron chi connectivity index (χ3n) is 4.96. The fourth-order valence-corrected chi connectivity index (χ4v) is 3.41. The van der Waals surface area contributed by atoms with E-state index in [1.54, 1.807) is 0 Å². The highest BCUT2D eigenvalue weighted by Crippen LogP contribution is 2.45. The van der Waals surface area contributed by atoms with Crippen LogP contribution in [0.2, 0.25) is 0 Å². The molecule has 1 fully saturated rings. The lowest BCUT2D eigenvalue weighted by atomic mass is 9.75. The van der Waals surface area contributed by atoms with Gasteiger partial charge in [-0.3, -0.25) is 0 Å². The van der Waals surface area contributed by atoms with Crippen molar-refractivity contribution >= 4 is 0 Å². The molecule has 0 spiro atoms. The number of alkyl halides is 3. The molecule has 4 atom stereocenters. The van der Waals surface area contributed by atoms with E-state index in [1.165, 1.54) is 12.1 Å². The molecule has 6 heteroatoms. The van der Waals surface area contributed by atoms with Crippen molar-refractivity contribution in [2.24, 2.45) is 5.92 Å². The molecule has 1 heterocycles.